The lowest BCUT2D eigenvalue weighted by molar-refractivity contribution is 0.338. The summed E-state index contributed by atoms with van der Waals surface area (Å²) in [6.07, 6.45) is 4.29. The van der Waals surface area contributed by atoms with Crippen LogP contribution < -0.4 is 10.2 Å². The van der Waals surface area contributed by atoms with Gasteiger partial charge < -0.3 is 10.2 Å². The molecule has 0 radical (unpaired) electrons. The van der Waals surface area contributed by atoms with Crippen LogP contribution in [0.2, 0.25) is 0 Å². The number of hydrogen-bond donors (Lipinski definition) is 1. The van der Waals surface area contributed by atoms with Crippen molar-refractivity contribution in [1.82, 2.24) is 5.32 Å². The maximum Gasteiger partial charge on any atom is 0.149 e. The van der Waals surface area contributed by atoms with Gasteiger partial charge in [0.25, 0.3) is 0 Å². The first-order chi connectivity index (χ1) is 9.52. The molecule has 0 bridgehead atoms. The largest absolute Gasteiger partial charge is 0.367 e. The lowest BCUT2D eigenvalue weighted by Gasteiger charge is -2.35. The van der Waals surface area contributed by atoms with Gasteiger partial charge in [-0.3, -0.25) is 0 Å². The van der Waals surface area contributed by atoms with E-state index in [2.05, 4.69) is 12.2 Å². The third kappa shape index (κ3) is 3.29. The zero-order valence-electron chi connectivity index (χ0n) is 12.5. The first-order valence-corrected chi connectivity index (χ1v) is 7.38. The summed E-state index contributed by atoms with van der Waals surface area (Å²) in [4.78, 5) is 1.79. The molecular weight excluding hydrogens is 258 g/mol. The van der Waals surface area contributed by atoms with Gasteiger partial charge in [0.1, 0.15) is 17.3 Å². The molecule has 2 nitrogen and oxygen atoms in total. The second-order valence-corrected chi connectivity index (χ2v) is 5.96. The fourth-order valence-corrected chi connectivity index (χ4v) is 3.07. The van der Waals surface area contributed by atoms with E-state index < -0.39 is 11.6 Å². The van der Waals surface area contributed by atoms with E-state index in [1.165, 1.54) is 12.1 Å². The van der Waals surface area contributed by atoms with Crippen LogP contribution in [0, 0.1) is 17.6 Å². The summed E-state index contributed by atoms with van der Waals surface area (Å²) in [6.45, 7) is 2.71. The normalized spacial score (nSPS) is 22.9. The molecule has 0 heterocycles. The molecule has 0 aliphatic heterocycles. The van der Waals surface area contributed by atoms with Gasteiger partial charge in [0, 0.05) is 19.6 Å². The molecule has 0 aromatic heterocycles. The Balaban J connectivity index is 2.19. The Morgan fingerprint density at radius 3 is 2.20 bits per heavy atom. The smallest absolute Gasteiger partial charge is 0.149 e. The van der Waals surface area contributed by atoms with E-state index in [9.17, 15) is 8.78 Å². The molecule has 1 aromatic rings. The SMILES string of the molecule is CNCc1cc(F)c(N(C)C2CCC(C)CC2)c(F)c1. The summed E-state index contributed by atoms with van der Waals surface area (Å²) >= 11 is 0. The van der Waals surface area contributed by atoms with Crippen LogP contribution >= 0.6 is 0 Å². The van der Waals surface area contributed by atoms with Crippen LogP contribution in [0.15, 0.2) is 12.1 Å². The van der Waals surface area contributed by atoms with Crippen molar-refractivity contribution < 1.29 is 8.78 Å². The molecule has 0 saturated heterocycles. The van der Waals surface area contributed by atoms with E-state index in [0.29, 0.717) is 12.1 Å². The summed E-state index contributed by atoms with van der Waals surface area (Å²) in [7, 11) is 3.57. The van der Waals surface area contributed by atoms with Gasteiger partial charge >= 0.3 is 0 Å². The highest BCUT2D eigenvalue weighted by atomic mass is 19.1. The fraction of sp³-hybridized carbons (Fsp3) is 0.625. The van der Waals surface area contributed by atoms with Crippen LogP contribution in [0.25, 0.3) is 0 Å². The molecule has 0 spiro atoms. The van der Waals surface area contributed by atoms with E-state index >= 15 is 0 Å². The molecule has 0 atom stereocenters. The summed E-state index contributed by atoms with van der Waals surface area (Å²) in [5, 5.41) is 2.91. The molecule has 4 heteroatoms. The summed E-state index contributed by atoms with van der Waals surface area (Å²) in [6, 6.07) is 3.10. The van der Waals surface area contributed by atoms with E-state index in [1.54, 1.807) is 19.0 Å². The van der Waals surface area contributed by atoms with Crippen LogP contribution in [0.5, 0.6) is 0 Å². The van der Waals surface area contributed by atoms with Crippen molar-refractivity contribution in [3.63, 3.8) is 0 Å². The highest BCUT2D eigenvalue weighted by Gasteiger charge is 2.25. The Kier molecular flexibility index (Phi) is 4.97. The van der Waals surface area contributed by atoms with E-state index in [-0.39, 0.29) is 11.7 Å². The minimum atomic E-state index is -0.462. The van der Waals surface area contributed by atoms with Gasteiger partial charge in [-0.15, -0.1) is 0 Å². The van der Waals surface area contributed by atoms with Gasteiger partial charge in [-0.25, -0.2) is 8.78 Å². The van der Waals surface area contributed by atoms with Crippen molar-refractivity contribution in [2.45, 2.75) is 45.2 Å². The van der Waals surface area contributed by atoms with Crippen LogP contribution in [0.3, 0.4) is 0 Å². The number of benzene rings is 1. The Morgan fingerprint density at radius 1 is 1.15 bits per heavy atom. The van der Waals surface area contributed by atoms with Crippen LogP contribution in [-0.4, -0.2) is 20.1 Å². The highest BCUT2D eigenvalue weighted by molar-refractivity contribution is 5.51. The Bertz CT molecular complexity index is 431. The number of hydrogen-bond acceptors (Lipinski definition) is 2. The molecule has 1 aliphatic carbocycles. The molecule has 1 saturated carbocycles. The van der Waals surface area contributed by atoms with Crippen LogP contribution in [0.1, 0.15) is 38.2 Å². The summed E-state index contributed by atoms with van der Waals surface area (Å²) < 4.78 is 28.4. The van der Waals surface area contributed by atoms with Crippen LogP contribution in [0.4, 0.5) is 14.5 Å². The third-order valence-electron chi connectivity index (χ3n) is 4.34. The van der Waals surface area contributed by atoms with Gasteiger partial charge in [0.15, 0.2) is 0 Å². The molecule has 2 rings (SSSR count). The van der Waals surface area contributed by atoms with Crippen molar-refractivity contribution in [1.29, 1.82) is 0 Å². The van der Waals surface area contributed by atoms with Crippen molar-refractivity contribution >= 4 is 5.69 Å². The molecule has 1 N–H and O–H groups in total. The Labute approximate surface area is 120 Å². The molecule has 0 amide bonds. The molecular formula is C16H24F2N2. The average Bonchev–Trinajstić information content (AvgIpc) is 2.39. The van der Waals surface area contributed by atoms with Gasteiger partial charge in [-0.1, -0.05) is 6.92 Å². The van der Waals surface area contributed by atoms with Crippen molar-refractivity contribution in [2.24, 2.45) is 5.92 Å². The van der Waals surface area contributed by atoms with E-state index in [0.717, 1.165) is 31.6 Å². The Hall–Kier alpha value is -1.16. The predicted octanol–water partition coefficient (Wildman–Crippen LogP) is 3.70. The van der Waals surface area contributed by atoms with Gasteiger partial charge in [0.05, 0.1) is 0 Å². The molecule has 1 aromatic carbocycles. The van der Waals surface area contributed by atoms with Crippen molar-refractivity contribution in [3.8, 4) is 0 Å². The summed E-state index contributed by atoms with van der Waals surface area (Å²) in [5.41, 5.74) is 0.751. The monoisotopic (exact) mass is 282 g/mol. The second kappa shape index (κ2) is 6.53. The standard InChI is InChI=1S/C16H24F2N2/c1-11-4-6-13(7-5-11)20(3)16-14(17)8-12(10-19-2)9-15(16)18/h8-9,11,13,19H,4-7,10H2,1-3H3. The quantitative estimate of drug-likeness (QED) is 0.906. The number of nitrogens with zero attached hydrogens (tertiary/aromatic N) is 1. The Morgan fingerprint density at radius 2 is 1.70 bits per heavy atom. The lowest BCUT2D eigenvalue weighted by atomic mass is 9.86. The number of halogens is 2. The van der Waals surface area contributed by atoms with Crippen molar-refractivity contribution in [2.75, 3.05) is 19.0 Å². The second-order valence-electron chi connectivity index (χ2n) is 5.96. The van der Waals surface area contributed by atoms with Gasteiger partial charge in [-0.2, -0.15) is 0 Å². The zero-order chi connectivity index (χ0) is 14.7. The first kappa shape index (κ1) is 15.2. The third-order valence-corrected chi connectivity index (χ3v) is 4.34. The van der Waals surface area contributed by atoms with Gasteiger partial charge in [0.2, 0.25) is 0 Å². The molecule has 20 heavy (non-hydrogen) atoms. The fourth-order valence-electron chi connectivity index (χ4n) is 3.07. The highest BCUT2D eigenvalue weighted by Crippen LogP contribution is 2.32. The average molecular weight is 282 g/mol. The number of anilines is 1. The maximum atomic E-state index is 14.2. The predicted molar refractivity (Wildman–Crippen MR) is 78.9 cm³/mol. The molecule has 0 unspecified atom stereocenters. The van der Waals surface area contributed by atoms with E-state index in [4.69, 9.17) is 0 Å². The molecule has 1 aliphatic rings. The van der Waals surface area contributed by atoms with Crippen molar-refractivity contribution in [3.05, 3.63) is 29.3 Å². The maximum absolute atomic E-state index is 14.2. The first-order valence-electron chi connectivity index (χ1n) is 7.38. The molecule has 1 fully saturated rings. The minimum absolute atomic E-state index is 0.115. The van der Waals surface area contributed by atoms with E-state index in [1.807, 2.05) is 0 Å². The van der Waals surface area contributed by atoms with Gasteiger partial charge in [-0.05, 0) is 56.3 Å². The number of nitrogens with one attached hydrogen (secondary N) is 1. The number of rotatable bonds is 4. The molecule has 112 valence electrons. The topological polar surface area (TPSA) is 15.3 Å². The summed E-state index contributed by atoms with van der Waals surface area (Å²) in [5.74, 6) is -0.194. The minimum Gasteiger partial charge on any atom is -0.367 e. The van der Waals surface area contributed by atoms with Crippen LogP contribution in [-0.2, 0) is 6.54 Å². The lowest BCUT2D eigenvalue weighted by Crippen LogP contribution is -2.36. The zero-order valence-corrected chi connectivity index (χ0v) is 12.5.